The Bertz CT molecular complexity index is 1550. The van der Waals surface area contributed by atoms with Gasteiger partial charge in [0.1, 0.15) is 25.5 Å². The zero-order valence-corrected chi connectivity index (χ0v) is 29.0. The highest BCUT2D eigenvalue weighted by Gasteiger charge is 2.64. The summed E-state index contributed by atoms with van der Waals surface area (Å²) in [6, 6.07) is 0.503. The van der Waals surface area contributed by atoms with Crippen molar-refractivity contribution in [1.29, 1.82) is 0 Å². The predicted molar refractivity (Wildman–Crippen MR) is 180 cm³/mol. The van der Waals surface area contributed by atoms with E-state index >= 15 is 0 Å². The van der Waals surface area contributed by atoms with Crippen molar-refractivity contribution in [3.63, 3.8) is 0 Å². The molecule has 272 valence electrons. The first kappa shape index (κ1) is 37.2. The van der Waals surface area contributed by atoms with Crippen molar-refractivity contribution in [2.75, 3.05) is 19.9 Å². The highest BCUT2D eigenvalue weighted by molar-refractivity contribution is 6.01. The lowest BCUT2D eigenvalue weighted by Crippen LogP contribution is -2.57. The molecule has 5 rings (SSSR count). The molecule has 3 fully saturated rings. The summed E-state index contributed by atoms with van der Waals surface area (Å²) in [5.74, 6) is -1.69. The van der Waals surface area contributed by atoms with Gasteiger partial charge in [0.2, 0.25) is 17.6 Å². The van der Waals surface area contributed by atoms with E-state index in [4.69, 9.17) is 24.4 Å². The van der Waals surface area contributed by atoms with Gasteiger partial charge in [0, 0.05) is 28.7 Å². The molecule has 50 heavy (non-hydrogen) atoms. The highest BCUT2D eigenvalue weighted by Crippen LogP contribution is 2.66. The number of amides is 2. The minimum Gasteiger partial charge on any atom is -0.461 e. The van der Waals surface area contributed by atoms with Crippen molar-refractivity contribution in [2.24, 2.45) is 40.2 Å². The van der Waals surface area contributed by atoms with Crippen molar-refractivity contribution in [3.05, 3.63) is 60.1 Å². The number of aliphatic hydroxyl groups excluding tert-OH is 1. The molecular weight excluding hydrogens is 646 g/mol. The maximum atomic E-state index is 13.4. The normalized spacial score (nSPS) is 31.7. The van der Waals surface area contributed by atoms with Crippen LogP contribution in [0.25, 0.3) is 0 Å². The number of nitrogens with two attached hydrogens (primary N) is 1. The van der Waals surface area contributed by atoms with Crippen LogP contribution in [-0.2, 0) is 40.0 Å². The van der Waals surface area contributed by atoms with Gasteiger partial charge >= 0.3 is 11.9 Å². The second-order valence-corrected chi connectivity index (χ2v) is 14.5. The Kier molecular flexibility index (Phi) is 11.5. The first-order valence-electron chi connectivity index (χ1n) is 17.3. The fourth-order valence-electron chi connectivity index (χ4n) is 9.06. The summed E-state index contributed by atoms with van der Waals surface area (Å²) in [7, 11) is 0. The summed E-state index contributed by atoms with van der Waals surface area (Å²) in [5.41, 5.74) is 6.21. The first-order chi connectivity index (χ1) is 23.8. The minimum atomic E-state index is -1.03. The quantitative estimate of drug-likeness (QED) is 0.0967. The third-order valence-electron chi connectivity index (χ3n) is 11.3. The van der Waals surface area contributed by atoms with E-state index in [1.165, 1.54) is 18.4 Å². The highest BCUT2D eigenvalue weighted by atomic mass is 16.6. The van der Waals surface area contributed by atoms with E-state index in [9.17, 15) is 29.1 Å². The molecule has 0 aliphatic heterocycles. The van der Waals surface area contributed by atoms with E-state index in [-0.39, 0.29) is 80.0 Å². The van der Waals surface area contributed by atoms with Crippen LogP contribution in [0.15, 0.2) is 53.2 Å². The molecule has 4 aliphatic rings. The lowest BCUT2D eigenvalue weighted by molar-refractivity contribution is -0.143. The standard InChI is InChI=1S/C37H49N3O10/c1-5-12-48-31(44)9-8-27(40-30(43)17-38)34(45)39-20-47-18-22-14-29(49-19-22)35(46)50-33-21(2)13-26-25-7-6-23-15-24(41)10-11-36(23,3)32(25)28(42)16-37(26,33)4/h5,10-11,14-15,19,21,25-28,32-33,42H,1,6-9,12-13,16-18,20,38H2,2-4H3,(H,39,45)(H,40,43)/t21?,25?,26?,27-,28?,32?,33?,36?,37?/m0/s1. The fourth-order valence-corrected chi connectivity index (χ4v) is 9.06. The molecule has 3 saturated carbocycles. The number of ketones is 1. The number of aliphatic hydroxyl groups is 1. The van der Waals surface area contributed by atoms with Crippen molar-refractivity contribution >= 4 is 29.5 Å². The van der Waals surface area contributed by atoms with Gasteiger partial charge in [-0.1, -0.05) is 45.1 Å². The van der Waals surface area contributed by atoms with Crippen molar-refractivity contribution in [3.8, 4) is 0 Å². The van der Waals surface area contributed by atoms with Crippen molar-refractivity contribution in [2.45, 2.75) is 84.2 Å². The lowest BCUT2D eigenvalue weighted by atomic mass is 9.47. The van der Waals surface area contributed by atoms with E-state index in [2.05, 4.69) is 38.0 Å². The van der Waals surface area contributed by atoms with Gasteiger partial charge in [-0.2, -0.15) is 0 Å². The van der Waals surface area contributed by atoms with Crippen LogP contribution in [0.5, 0.6) is 0 Å². The van der Waals surface area contributed by atoms with Gasteiger partial charge in [0.25, 0.3) is 0 Å². The van der Waals surface area contributed by atoms with Gasteiger partial charge < -0.3 is 40.1 Å². The van der Waals surface area contributed by atoms with Crippen LogP contribution in [0.1, 0.15) is 75.4 Å². The van der Waals surface area contributed by atoms with Crippen LogP contribution in [0.4, 0.5) is 0 Å². The largest absolute Gasteiger partial charge is 0.461 e. The molecule has 1 aromatic rings. The molecule has 2 amide bonds. The van der Waals surface area contributed by atoms with E-state index in [1.807, 2.05) is 6.08 Å². The molecule has 1 heterocycles. The Labute approximate surface area is 292 Å². The molecule has 0 aromatic carbocycles. The second-order valence-electron chi connectivity index (χ2n) is 14.5. The summed E-state index contributed by atoms with van der Waals surface area (Å²) in [4.78, 5) is 61.9. The Morgan fingerprint density at radius 3 is 2.78 bits per heavy atom. The molecule has 0 saturated heterocycles. The summed E-state index contributed by atoms with van der Waals surface area (Å²) >= 11 is 0. The van der Waals surface area contributed by atoms with E-state index in [0.717, 1.165) is 24.8 Å². The molecule has 1 aromatic heterocycles. The smallest absolute Gasteiger partial charge is 0.374 e. The van der Waals surface area contributed by atoms with Crippen LogP contribution in [0, 0.1) is 34.5 Å². The number of ether oxygens (including phenoxy) is 3. The Hall–Kier alpha value is -4.07. The molecule has 0 radical (unpaired) electrons. The number of carbonyl (C=O) groups excluding carboxylic acids is 5. The van der Waals surface area contributed by atoms with Gasteiger partial charge in [0.15, 0.2) is 5.78 Å². The Balaban J connectivity index is 1.14. The molecule has 0 spiro atoms. The monoisotopic (exact) mass is 695 g/mol. The van der Waals surface area contributed by atoms with Gasteiger partial charge in [-0.05, 0) is 68.1 Å². The molecular formula is C37H49N3O10. The molecule has 9 atom stereocenters. The summed E-state index contributed by atoms with van der Waals surface area (Å²) < 4.78 is 22.2. The first-order valence-corrected chi connectivity index (χ1v) is 17.3. The topological polar surface area (TPSA) is 196 Å². The number of allylic oxidation sites excluding steroid dienone is 4. The molecule has 0 bridgehead atoms. The van der Waals surface area contributed by atoms with Crippen molar-refractivity contribution < 1.29 is 47.7 Å². The van der Waals surface area contributed by atoms with Crippen LogP contribution >= 0.6 is 0 Å². The minimum absolute atomic E-state index is 0.00246. The Morgan fingerprint density at radius 2 is 2.04 bits per heavy atom. The van der Waals surface area contributed by atoms with E-state index < -0.39 is 47.4 Å². The number of nitrogens with one attached hydrogen (secondary N) is 2. The number of hydrogen-bond donors (Lipinski definition) is 4. The van der Waals surface area contributed by atoms with Crippen LogP contribution in [0.3, 0.4) is 0 Å². The maximum Gasteiger partial charge on any atom is 0.374 e. The summed E-state index contributed by atoms with van der Waals surface area (Å²) in [6.45, 7) is 9.34. The molecule has 8 unspecified atom stereocenters. The fraction of sp³-hybridized carbons (Fsp3) is 0.595. The SMILES string of the molecule is C=CCOC(=O)CC[C@H](NC(=O)CN)C(=O)NCOCc1coc(C(=O)OC2C(C)CC3C4CCC5=CC(=O)C=CC5(C)C4C(O)CC32C)c1. The van der Waals surface area contributed by atoms with Gasteiger partial charge in [-0.3, -0.25) is 19.2 Å². The average Bonchev–Trinajstić information content (AvgIpc) is 3.65. The predicted octanol–water partition coefficient (Wildman–Crippen LogP) is 2.87. The van der Waals surface area contributed by atoms with E-state index in [0.29, 0.717) is 12.0 Å². The molecule has 4 aliphatic carbocycles. The third-order valence-corrected chi connectivity index (χ3v) is 11.3. The second kappa shape index (κ2) is 15.4. The average molecular weight is 696 g/mol. The third kappa shape index (κ3) is 7.64. The van der Waals surface area contributed by atoms with Gasteiger partial charge in [0.05, 0.1) is 25.5 Å². The molecule has 13 nitrogen and oxygen atoms in total. The number of hydrogen-bond acceptors (Lipinski definition) is 11. The number of fused-ring (bicyclic) bond motifs is 5. The van der Waals surface area contributed by atoms with Crippen LogP contribution in [0.2, 0.25) is 0 Å². The summed E-state index contributed by atoms with van der Waals surface area (Å²) in [5, 5.41) is 16.7. The van der Waals surface area contributed by atoms with Crippen molar-refractivity contribution in [1.82, 2.24) is 10.6 Å². The number of esters is 2. The summed E-state index contributed by atoms with van der Waals surface area (Å²) in [6.07, 6.45) is 10.1. The van der Waals surface area contributed by atoms with Gasteiger partial charge in [-0.15, -0.1) is 0 Å². The molecule has 5 N–H and O–H groups in total. The lowest BCUT2D eigenvalue weighted by Gasteiger charge is -2.58. The van der Waals surface area contributed by atoms with Gasteiger partial charge in [-0.25, -0.2) is 4.79 Å². The molecule has 13 heteroatoms. The van der Waals surface area contributed by atoms with E-state index in [1.54, 1.807) is 12.2 Å². The number of furan rings is 1. The maximum absolute atomic E-state index is 13.4. The zero-order chi connectivity index (χ0) is 36.2. The van der Waals surface area contributed by atoms with Crippen LogP contribution < -0.4 is 16.4 Å². The number of rotatable bonds is 14. The Morgan fingerprint density at radius 1 is 1.26 bits per heavy atom. The zero-order valence-electron chi connectivity index (χ0n) is 29.0. The van der Waals surface area contributed by atoms with Crippen LogP contribution in [-0.4, -0.2) is 72.8 Å². The number of carbonyl (C=O) groups is 5.